The molecule has 0 aliphatic heterocycles. The van der Waals surface area contributed by atoms with Gasteiger partial charge in [-0.05, 0) is 31.2 Å². The molecule has 34 heavy (non-hydrogen) atoms. The zero-order valence-corrected chi connectivity index (χ0v) is 19.2. The Morgan fingerprint density at radius 2 is 1.94 bits per heavy atom. The van der Waals surface area contributed by atoms with Crippen molar-refractivity contribution in [1.82, 2.24) is 15.1 Å². The number of anilines is 1. The number of benzene rings is 2. The number of nitrogens with zero attached hydrogens (tertiary/aromatic N) is 4. The maximum atomic E-state index is 14.4. The summed E-state index contributed by atoms with van der Waals surface area (Å²) in [6, 6.07) is 14.2. The third kappa shape index (κ3) is 4.04. The van der Waals surface area contributed by atoms with E-state index in [4.69, 9.17) is 16.1 Å². The molecule has 0 radical (unpaired) electrons. The van der Waals surface area contributed by atoms with Crippen molar-refractivity contribution in [2.24, 2.45) is 0 Å². The molecule has 10 heteroatoms. The lowest BCUT2D eigenvalue weighted by Gasteiger charge is -2.19. The molecule has 0 unspecified atom stereocenters. The molecule has 3 heterocycles. The summed E-state index contributed by atoms with van der Waals surface area (Å²) in [4.78, 5) is 23.9. The van der Waals surface area contributed by atoms with E-state index in [1.807, 2.05) is 0 Å². The third-order valence-corrected chi connectivity index (χ3v) is 6.48. The zero-order chi connectivity index (χ0) is 23.8. The van der Waals surface area contributed by atoms with Crippen LogP contribution in [0.3, 0.4) is 0 Å². The number of carbonyl (C=O) groups is 1. The first kappa shape index (κ1) is 22.1. The summed E-state index contributed by atoms with van der Waals surface area (Å²) in [7, 11) is 0. The second-order valence-corrected chi connectivity index (χ2v) is 8.80. The van der Waals surface area contributed by atoms with E-state index < -0.39 is 17.5 Å². The van der Waals surface area contributed by atoms with Gasteiger partial charge in [0.15, 0.2) is 10.9 Å². The Hall–Kier alpha value is -3.69. The highest BCUT2D eigenvalue weighted by Crippen LogP contribution is 2.36. The van der Waals surface area contributed by atoms with Crippen molar-refractivity contribution in [2.75, 3.05) is 4.90 Å². The average molecular weight is 497 g/mol. The van der Waals surface area contributed by atoms with E-state index >= 15 is 0 Å². The Kier molecular flexibility index (Phi) is 5.80. The molecule has 170 valence electrons. The standard InChI is InChI=1S/C24H15ClF2N4O2S/c1-13-20(21(30-33-13)16-7-2-3-8-17(16)25)23(32)31(12-15-6-4-5-9-28-15)24-29-22-18(27)10-14(26)11-19(22)34-24/h2-11H,12H2,1H3. The number of amides is 1. The quantitative estimate of drug-likeness (QED) is 0.280. The number of aryl methyl sites for hydroxylation is 1. The lowest BCUT2D eigenvalue weighted by molar-refractivity contribution is 0.0984. The molecule has 5 aromatic rings. The predicted molar refractivity (Wildman–Crippen MR) is 126 cm³/mol. The number of hydrogen-bond donors (Lipinski definition) is 0. The first-order valence-electron chi connectivity index (χ1n) is 10.1. The number of aromatic nitrogens is 3. The van der Waals surface area contributed by atoms with Crippen molar-refractivity contribution < 1.29 is 18.1 Å². The molecular weight excluding hydrogens is 482 g/mol. The van der Waals surface area contributed by atoms with Crippen molar-refractivity contribution in [3.05, 3.63) is 94.5 Å². The Labute approximate surface area is 201 Å². The van der Waals surface area contributed by atoms with Gasteiger partial charge in [-0.1, -0.05) is 52.4 Å². The van der Waals surface area contributed by atoms with Crippen LogP contribution in [0.15, 0.2) is 65.3 Å². The molecular formula is C24H15ClF2N4O2S. The van der Waals surface area contributed by atoms with Gasteiger partial charge in [-0.15, -0.1) is 0 Å². The van der Waals surface area contributed by atoms with Crippen LogP contribution in [-0.4, -0.2) is 21.0 Å². The van der Waals surface area contributed by atoms with E-state index in [0.29, 0.717) is 16.3 Å². The third-order valence-electron chi connectivity index (χ3n) is 5.13. The number of carbonyl (C=O) groups excluding carboxylic acids is 1. The van der Waals surface area contributed by atoms with Gasteiger partial charge in [0.1, 0.15) is 28.4 Å². The van der Waals surface area contributed by atoms with Crippen LogP contribution in [0.5, 0.6) is 0 Å². The van der Waals surface area contributed by atoms with E-state index in [2.05, 4.69) is 15.1 Å². The topological polar surface area (TPSA) is 72.1 Å². The molecule has 1 amide bonds. The van der Waals surface area contributed by atoms with Gasteiger partial charge < -0.3 is 4.52 Å². The van der Waals surface area contributed by atoms with E-state index in [1.54, 1.807) is 55.6 Å². The number of fused-ring (bicyclic) bond motifs is 1. The van der Waals surface area contributed by atoms with Crippen LogP contribution in [0.25, 0.3) is 21.5 Å². The summed E-state index contributed by atoms with van der Waals surface area (Å²) in [5.41, 5.74) is 1.55. The summed E-state index contributed by atoms with van der Waals surface area (Å²) in [6.07, 6.45) is 1.60. The summed E-state index contributed by atoms with van der Waals surface area (Å²) in [5, 5.41) is 4.65. The number of pyridine rings is 1. The SMILES string of the molecule is Cc1onc(-c2ccccc2Cl)c1C(=O)N(Cc1ccccn1)c1nc2c(F)cc(F)cc2s1. The molecule has 6 nitrogen and oxygen atoms in total. The lowest BCUT2D eigenvalue weighted by atomic mass is 10.0. The molecule has 3 aromatic heterocycles. The van der Waals surface area contributed by atoms with Crippen LogP contribution in [-0.2, 0) is 6.54 Å². The minimum atomic E-state index is -0.805. The van der Waals surface area contributed by atoms with E-state index in [1.165, 1.54) is 11.0 Å². The molecule has 5 rings (SSSR count). The van der Waals surface area contributed by atoms with Crippen LogP contribution < -0.4 is 4.90 Å². The van der Waals surface area contributed by atoms with Crippen LogP contribution in [0.4, 0.5) is 13.9 Å². The van der Waals surface area contributed by atoms with Gasteiger partial charge in [0.05, 0.1) is 22.0 Å². The van der Waals surface area contributed by atoms with Gasteiger partial charge in [-0.25, -0.2) is 13.8 Å². The number of hydrogen-bond acceptors (Lipinski definition) is 6. The fraction of sp³-hybridized carbons (Fsp3) is 0.0833. The van der Waals surface area contributed by atoms with Crippen LogP contribution in [0.2, 0.25) is 5.02 Å². The Bertz CT molecular complexity index is 1520. The van der Waals surface area contributed by atoms with Crippen molar-refractivity contribution in [3.63, 3.8) is 0 Å². The Morgan fingerprint density at radius 3 is 2.71 bits per heavy atom. The second kappa shape index (κ2) is 8.92. The van der Waals surface area contributed by atoms with E-state index in [0.717, 1.165) is 17.4 Å². The molecule has 0 saturated carbocycles. The normalized spacial score (nSPS) is 11.2. The molecule has 0 bridgehead atoms. The fourth-order valence-electron chi connectivity index (χ4n) is 3.54. The van der Waals surface area contributed by atoms with Gasteiger partial charge in [0.2, 0.25) is 0 Å². The summed E-state index contributed by atoms with van der Waals surface area (Å²) >= 11 is 7.35. The second-order valence-electron chi connectivity index (χ2n) is 7.39. The van der Waals surface area contributed by atoms with Gasteiger partial charge in [-0.3, -0.25) is 14.7 Å². The molecule has 0 saturated heterocycles. The van der Waals surface area contributed by atoms with Gasteiger partial charge in [0, 0.05) is 17.8 Å². The van der Waals surface area contributed by atoms with Crippen LogP contribution in [0.1, 0.15) is 21.8 Å². The predicted octanol–water partition coefficient (Wildman–Crippen LogP) is 6.43. The molecule has 0 N–H and O–H groups in total. The molecule has 0 spiro atoms. The van der Waals surface area contributed by atoms with Crippen LogP contribution >= 0.6 is 22.9 Å². The fourth-order valence-corrected chi connectivity index (χ4v) is 4.76. The molecule has 0 aliphatic rings. The number of halogens is 3. The van der Waals surface area contributed by atoms with Gasteiger partial charge in [0.25, 0.3) is 5.91 Å². The minimum absolute atomic E-state index is 0.0198. The summed E-state index contributed by atoms with van der Waals surface area (Å²) in [5.74, 6) is -1.73. The summed E-state index contributed by atoms with van der Waals surface area (Å²) < 4.78 is 33.8. The zero-order valence-electron chi connectivity index (χ0n) is 17.6. The van der Waals surface area contributed by atoms with Crippen molar-refractivity contribution in [2.45, 2.75) is 13.5 Å². The highest BCUT2D eigenvalue weighted by Gasteiger charge is 2.30. The van der Waals surface area contributed by atoms with Crippen molar-refractivity contribution >= 4 is 44.2 Å². The maximum absolute atomic E-state index is 14.4. The monoisotopic (exact) mass is 496 g/mol. The number of rotatable bonds is 5. The highest BCUT2D eigenvalue weighted by atomic mass is 35.5. The first-order valence-corrected chi connectivity index (χ1v) is 11.3. The molecule has 0 aliphatic carbocycles. The minimum Gasteiger partial charge on any atom is -0.360 e. The van der Waals surface area contributed by atoms with Crippen molar-refractivity contribution in [3.8, 4) is 11.3 Å². The first-order chi connectivity index (χ1) is 16.4. The Morgan fingerprint density at radius 1 is 1.15 bits per heavy atom. The lowest BCUT2D eigenvalue weighted by Crippen LogP contribution is -2.31. The van der Waals surface area contributed by atoms with E-state index in [-0.39, 0.29) is 38.9 Å². The largest absolute Gasteiger partial charge is 0.360 e. The van der Waals surface area contributed by atoms with E-state index in [9.17, 15) is 13.6 Å². The molecule has 2 aromatic carbocycles. The number of thiazole rings is 1. The van der Waals surface area contributed by atoms with Gasteiger partial charge >= 0.3 is 0 Å². The van der Waals surface area contributed by atoms with Crippen LogP contribution in [0, 0.1) is 18.6 Å². The smallest absolute Gasteiger partial charge is 0.266 e. The van der Waals surface area contributed by atoms with Crippen molar-refractivity contribution in [1.29, 1.82) is 0 Å². The average Bonchev–Trinajstić information content (AvgIpc) is 3.42. The Balaban J connectivity index is 1.65. The summed E-state index contributed by atoms with van der Waals surface area (Å²) in [6.45, 7) is 1.66. The molecule has 0 fully saturated rings. The molecule has 0 atom stereocenters. The maximum Gasteiger partial charge on any atom is 0.266 e. The van der Waals surface area contributed by atoms with Gasteiger partial charge in [-0.2, -0.15) is 0 Å². The highest BCUT2D eigenvalue weighted by molar-refractivity contribution is 7.22.